The van der Waals surface area contributed by atoms with E-state index in [2.05, 4.69) is 12.2 Å². The van der Waals surface area contributed by atoms with E-state index in [9.17, 15) is 9.59 Å². The number of hydrogen-bond acceptors (Lipinski definition) is 3. The topological polar surface area (TPSA) is 58.6 Å². The Bertz CT molecular complexity index is 564. The Labute approximate surface area is 137 Å². The van der Waals surface area contributed by atoms with Crippen molar-refractivity contribution in [1.29, 1.82) is 0 Å². The van der Waals surface area contributed by atoms with Gasteiger partial charge in [0.15, 0.2) is 0 Å². The van der Waals surface area contributed by atoms with Gasteiger partial charge in [-0.25, -0.2) is 0 Å². The van der Waals surface area contributed by atoms with Crippen LogP contribution in [0.1, 0.15) is 31.7 Å². The van der Waals surface area contributed by atoms with Gasteiger partial charge in [-0.2, -0.15) is 0 Å². The predicted octanol–water partition coefficient (Wildman–Crippen LogP) is 1.90. The van der Waals surface area contributed by atoms with Crippen LogP contribution in [-0.4, -0.2) is 37.6 Å². The summed E-state index contributed by atoms with van der Waals surface area (Å²) < 4.78 is 5.51. The van der Waals surface area contributed by atoms with Crippen LogP contribution in [0.3, 0.4) is 0 Å². The van der Waals surface area contributed by atoms with Crippen molar-refractivity contribution in [1.82, 2.24) is 5.32 Å². The van der Waals surface area contributed by atoms with Crippen molar-refractivity contribution in [2.75, 3.05) is 24.6 Å². The average molecular weight is 316 g/mol. The van der Waals surface area contributed by atoms with Crippen LogP contribution in [0.15, 0.2) is 24.3 Å². The number of nitrogens with zero attached hydrogens (tertiary/aromatic N) is 1. The van der Waals surface area contributed by atoms with Crippen LogP contribution in [-0.2, 0) is 20.7 Å². The summed E-state index contributed by atoms with van der Waals surface area (Å²) in [5.41, 5.74) is 2.12. The maximum atomic E-state index is 12.3. The molecule has 0 aromatic heterocycles. The minimum atomic E-state index is -0.269. The fraction of sp³-hybridized carbons (Fsp3) is 0.556. The van der Waals surface area contributed by atoms with Crippen molar-refractivity contribution in [2.45, 2.75) is 38.7 Å². The van der Waals surface area contributed by atoms with Gasteiger partial charge in [-0.3, -0.25) is 9.59 Å². The molecular formula is C18H24N2O3. The van der Waals surface area contributed by atoms with Crippen LogP contribution in [0.25, 0.3) is 0 Å². The summed E-state index contributed by atoms with van der Waals surface area (Å²) in [5, 5.41) is 2.93. The van der Waals surface area contributed by atoms with Gasteiger partial charge in [0.1, 0.15) is 0 Å². The molecule has 2 fully saturated rings. The molecule has 124 valence electrons. The zero-order chi connectivity index (χ0) is 16.2. The predicted molar refractivity (Wildman–Crippen MR) is 88.3 cm³/mol. The van der Waals surface area contributed by atoms with Crippen LogP contribution < -0.4 is 10.2 Å². The van der Waals surface area contributed by atoms with E-state index in [4.69, 9.17) is 4.74 Å². The standard InChI is InChI=1S/C18H24N2O3/c1-2-13-5-7-15(8-6-13)20-12-14(10-17(20)21)18(22)19-11-16-4-3-9-23-16/h5-8,14,16H,2-4,9-12H2,1H3,(H,19,22)/t14-,16+/m0/s1. The van der Waals surface area contributed by atoms with Crippen molar-refractivity contribution in [3.05, 3.63) is 29.8 Å². The van der Waals surface area contributed by atoms with Crippen LogP contribution in [0.4, 0.5) is 5.69 Å². The van der Waals surface area contributed by atoms with E-state index in [1.807, 2.05) is 24.3 Å². The van der Waals surface area contributed by atoms with Gasteiger partial charge in [-0.15, -0.1) is 0 Å². The highest BCUT2D eigenvalue weighted by Gasteiger charge is 2.35. The first-order valence-corrected chi connectivity index (χ1v) is 8.46. The van der Waals surface area contributed by atoms with Crippen molar-refractivity contribution in [2.24, 2.45) is 5.92 Å². The minimum absolute atomic E-state index is 0.0199. The van der Waals surface area contributed by atoms with Crippen molar-refractivity contribution < 1.29 is 14.3 Å². The molecule has 0 aliphatic carbocycles. The number of benzene rings is 1. The molecule has 3 rings (SSSR count). The quantitative estimate of drug-likeness (QED) is 0.902. The van der Waals surface area contributed by atoms with Crippen LogP contribution in [0.5, 0.6) is 0 Å². The summed E-state index contributed by atoms with van der Waals surface area (Å²) in [7, 11) is 0. The highest BCUT2D eigenvalue weighted by atomic mass is 16.5. The molecule has 5 nitrogen and oxygen atoms in total. The van der Waals surface area contributed by atoms with Crippen molar-refractivity contribution in [3.8, 4) is 0 Å². The monoisotopic (exact) mass is 316 g/mol. The molecule has 2 atom stereocenters. The fourth-order valence-corrected chi connectivity index (χ4v) is 3.21. The summed E-state index contributed by atoms with van der Waals surface area (Å²) >= 11 is 0. The lowest BCUT2D eigenvalue weighted by atomic mass is 10.1. The third-order valence-corrected chi connectivity index (χ3v) is 4.68. The Morgan fingerprint density at radius 3 is 2.78 bits per heavy atom. The lowest BCUT2D eigenvalue weighted by Crippen LogP contribution is -2.37. The van der Waals surface area contributed by atoms with Gasteiger partial charge < -0.3 is 15.0 Å². The number of nitrogens with one attached hydrogen (secondary N) is 1. The lowest BCUT2D eigenvalue weighted by Gasteiger charge is -2.17. The average Bonchev–Trinajstić information content (AvgIpc) is 3.22. The largest absolute Gasteiger partial charge is 0.376 e. The van der Waals surface area contributed by atoms with E-state index >= 15 is 0 Å². The van der Waals surface area contributed by atoms with Crippen molar-refractivity contribution >= 4 is 17.5 Å². The van der Waals surface area contributed by atoms with Gasteiger partial charge in [-0.05, 0) is 37.0 Å². The molecule has 0 radical (unpaired) electrons. The zero-order valence-electron chi connectivity index (χ0n) is 13.6. The molecule has 2 aliphatic heterocycles. The Hall–Kier alpha value is -1.88. The highest BCUT2D eigenvalue weighted by Crippen LogP contribution is 2.25. The normalized spacial score (nSPS) is 24.2. The number of carbonyl (C=O) groups excluding carboxylic acids is 2. The molecule has 0 saturated carbocycles. The summed E-state index contributed by atoms with van der Waals surface area (Å²) in [6, 6.07) is 7.99. The Balaban J connectivity index is 1.56. The second kappa shape index (κ2) is 7.13. The van der Waals surface area contributed by atoms with Crippen LogP contribution in [0.2, 0.25) is 0 Å². The summed E-state index contributed by atoms with van der Waals surface area (Å²) in [6.07, 6.45) is 3.45. The van der Waals surface area contributed by atoms with Crippen molar-refractivity contribution in [3.63, 3.8) is 0 Å². The van der Waals surface area contributed by atoms with E-state index in [0.29, 0.717) is 13.1 Å². The molecule has 1 aromatic rings. The number of aryl methyl sites for hydroxylation is 1. The number of hydrogen-bond donors (Lipinski definition) is 1. The second-order valence-corrected chi connectivity index (χ2v) is 6.31. The fourth-order valence-electron chi connectivity index (χ4n) is 3.21. The number of ether oxygens (including phenoxy) is 1. The zero-order valence-corrected chi connectivity index (χ0v) is 13.6. The number of carbonyl (C=O) groups is 2. The van der Waals surface area contributed by atoms with Gasteiger partial charge in [0, 0.05) is 31.8 Å². The summed E-state index contributed by atoms with van der Waals surface area (Å²) in [6.45, 7) is 3.89. The Kier molecular flexibility index (Phi) is 4.96. The van der Waals surface area contributed by atoms with E-state index in [1.54, 1.807) is 4.90 Å². The van der Waals surface area contributed by atoms with E-state index in [0.717, 1.165) is 31.6 Å². The molecule has 5 heteroatoms. The third kappa shape index (κ3) is 3.72. The molecule has 2 aliphatic rings. The summed E-state index contributed by atoms with van der Waals surface area (Å²) in [4.78, 5) is 26.2. The first kappa shape index (κ1) is 16.0. The van der Waals surface area contributed by atoms with Gasteiger partial charge in [0.2, 0.25) is 11.8 Å². The first-order valence-electron chi connectivity index (χ1n) is 8.46. The first-order chi connectivity index (χ1) is 11.2. The molecule has 0 unspecified atom stereocenters. The number of amides is 2. The molecule has 0 bridgehead atoms. The maximum absolute atomic E-state index is 12.3. The maximum Gasteiger partial charge on any atom is 0.227 e. The minimum Gasteiger partial charge on any atom is -0.376 e. The molecule has 0 spiro atoms. The van der Waals surface area contributed by atoms with E-state index < -0.39 is 0 Å². The van der Waals surface area contributed by atoms with Gasteiger partial charge >= 0.3 is 0 Å². The number of rotatable bonds is 5. The highest BCUT2D eigenvalue weighted by molar-refractivity contribution is 6.00. The van der Waals surface area contributed by atoms with E-state index in [-0.39, 0.29) is 30.3 Å². The second-order valence-electron chi connectivity index (χ2n) is 6.31. The molecule has 1 aromatic carbocycles. The molecule has 23 heavy (non-hydrogen) atoms. The third-order valence-electron chi connectivity index (χ3n) is 4.68. The van der Waals surface area contributed by atoms with Gasteiger partial charge in [0.05, 0.1) is 12.0 Å². The Morgan fingerprint density at radius 2 is 2.13 bits per heavy atom. The van der Waals surface area contributed by atoms with Gasteiger partial charge in [0.25, 0.3) is 0 Å². The molecule has 2 saturated heterocycles. The molecule has 1 N–H and O–H groups in total. The van der Waals surface area contributed by atoms with Crippen LogP contribution >= 0.6 is 0 Å². The Morgan fingerprint density at radius 1 is 1.35 bits per heavy atom. The molecule has 2 heterocycles. The summed E-state index contributed by atoms with van der Waals surface area (Å²) in [5.74, 6) is -0.289. The molecular weight excluding hydrogens is 292 g/mol. The van der Waals surface area contributed by atoms with Gasteiger partial charge in [-0.1, -0.05) is 19.1 Å². The smallest absolute Gasteiger partial charge is 0.227 e. The SMILES string of the molecule is CCc1ccc(N2C[C@@H](C(=O)NC[C@H]3CCCO3)CC2=O)cc1. The van der Waals surface area contributed by atoms with E-state index in [1.165, 1.54) is 5.56 Å². The van der Waals surface area contributed by atoms with Crippen LogP contribution in [0, 0.1) is 5.92 Å². The lowest BCUT2D eigenvalue weighted by molar-refractivity contribution is -0.126. The molecule has 2 amide bonds. The number of anilines is 1.